The number of carboxylic acids is 1. The normalized spacial score (nSPS) is 11.8. The van der Waals surface area contributed by atoms with E-state index < -0.39 is 17.8 Å². The van der Waals surface area contributed by atoms with E-state index in [1.807, 2.05) is 0 Å². The van der Waals surface area contributed by atoms with E-state index >= 15 is 0 Å². The van der Waals surface area contributed by atoms with Gasteiger partial charge >= 0.3 is 5.97 Å². The van der Waals surface area contributed by atoms with Gasteiger partial charge in [0.05, 0.1) is 6.54 Å². The summed E-state index contributed by atoms with van der Waals surface area (Å²) in [6.07, 6.45) is 5.02. The van der Waals surface area contributed by atoms with E-state index in [1.165, 1.54) is 12.1 Å². The number of hydrogen-bond acceptors (Lipinski definition) is 2. The molecule has 4 heteroatoms. The maximum Gasteiger partial charge on any atom is 0.325 e. The van der Waals surface area contributed by atoms with Gasteiger partial charge in [0.2, 0.25) is 0 Å². The molecule has 0 aliphatic carbocycles. The fourth-order valence-corrected chi connectivity index (χ4v) is 1.38. The Kier molecular flexibility index (Phi) is 4.03. The minimum absolute atomic E-state index is 0.0738. The quantitative estimate of drug-likeness (QED) is 0.757. The van der Waals surface area contributed by atoms with Crippen LogP contribution in [0.2, 0.25) is 0 Å². The topological polar surface area (TPSA) is 49.3 Å². The van der Waals surface area contributed by atoms with Gasteiger partial charge in [-0.15, -0.1) is 6.42 Å². The standard InChI is InChI=1S/C12H12FNO2/c1-3-6-14-11(12(15)16)9-7-8(2)4-5-10(9)13/h1,4-5,7,11,14H,6H2,2H3,(H,15,16). The van der Waals surface area contributed by atoms with E-state index in [0.29, 0.717) is 0 Å². The third kappa shape index (κ3) is 2.81. The van der Waals surface area contributed by atoms with Crippen LogP contribution in [0.4, 0.5) is 4.39 Å². The molecule has 2 N–H and O–H groups in total. The van der Waals surface area contributed by atoms with Gasteiger partial charge in [-0.05, 0) is 13.0 Å². The van der Waals surface area contributed by atoms with Crippen molar-refractivity contribution in [1.29, 1.82) is 0 Å². The van der Waals surface area contributed by atoms with Crippen LogP contribution in [0.5, 0.6) is 0 Å². The van der Waals surface area contributed by atoms with Crippen molar-refractivity contribution in [2.75, 3.05) is 6.54 Å². The van der Waals surface area contributed by atoms with E-state index in [-0.39, 0.29) is 12.1 Å². The van der Waals surface area contributed by atoms with E-state index in [0.717, 1.165) is 5.56 Å². The number of rotatable bonds is 4. The van der Waals surface area contributed by atoms with Gasteiger partial charge in [-0.3, -0.25) is 10.1 Å². The average molecular weight is 221 g/mol. The molecule has 0 spiro atoms. The summed E-state index contributed by atoms with van der Waals surface area (Å²) in [4.78, 5) is 11.0. The van der Waals surface area contributed by atoms with Gasteiger partial charge in [0.1, 0.15) is 11.9 Å². The highest BCUT2D eigenvalue weighted by molar-refractivity contribution is 5.75. The molecular formula is C12H12FNO2. The van der Waals surface area contributed by atoms with Crippen molar-refractivity contribution in [3.8, 4) is 12.3 Å². The predicted molar refractivity (Wildman–Crippen MR) is 58.3 cm³/mol. The van der Waals surface area contributed by atoms with Crippen LogP contribution < -0.4 is 5.32 Å². The lowest BCUT2D eigenvalue weighted by Gasteiger charge is -2.14. The molecule has 0 saturated heterocycles. The van der Waals surface area contributed by atoms with Gasteiger partial charge in [0.25, 0.3) is 0 Å². The minimum Gasteiger partial charge on any atom is -0.480 e. The Morgan fingerprint density at radius 3 is 2.94 bits per heavy atom. The monoisotopic (exact) mass is 221 g/mol. The van der Waals surface area contributed by atoms with E-state index in [1.54, 1.807) is 13.0 Å². The van der Waals surface area contributed by atoms with Crippen molar-refractivity contribution in [2.24, 2.45) is 0 Å². The number of nitrogens with one attached hydrogen (secondary N) is 1. The molecule has 0 radical (unpaired) electrons. The second-order valence-corrected chi connectivity index (χ2v) is 3.38. The third-order valence-corrected chi connectivity index (χ3v) is 2.12. The summed E-state index contributed by atoms with van der Waals surface area (Å²) in [6.45, 7) is 1.84. The Labute approximate surface area is 93.3 Å². The van der Waals surface area contributed by atoms with Gasteiger partial charge in [0.15, 0.2) is 0 Å². The number of aryl methyl sites for hydroxylation is 1. The Morgan fingerprint density at radius 2 is 2.38 bits per heavy atom. The fourth-order valence-electron chi connectivity index (χ4n) is 1.38. The summed E-state index contributed by atoms with van der Waals surface area (Å²) < 4.78 is 13.5. The van der Waals surface area contributed by atoms with Crippen LogP contribution >= 0.6 is 0 Å². The molecule has 0 amide bonds. The zero-order chi connectivity index (χ0) is 12.1. The van der Waals surface area contributed by atoms with Crippen LogP contribution in [0, 0.1) is 25.1 Å². The van der Waals surface area contributed by atoms with Crippen LogP contribution in [0.25, 0.3) is 0 Å². The summed E-state index contributed by atoms with van der Waals surface area (Å²) in [5.41, 5.74) is 0.896. The largest absolute Gasteiger partial charge is 0.480 e. The molecule has 0 saturated carbocycles. The van der Waals surface area contributed by atoms with Crippen LogP contribution in [0.3, 0.4) is 0 Å². The maximum atomic E-state index is 13.5. The lowest BCUT2D eigenvalue weighted by Crippen LogP contribution is -2.29. The molecule has 1 aromatic rings. The fraction of sp³-hybridized carbons (Fsp3) is 0.250. The van der Waals surface area contributed by atoms with Crippen molar-refractivity contribution >= 4 is 5.97 Å². The van der Waals surface area contributed by atoms with E-state index in [2.05, 4.69) is 11.2 Å². The Balaban J connectivity index is 3.06. The lowest BCUT2D eigenvalue weighted by molar-refractivity contribution is -0.139. The molecule has 0 aliphatic heterocycles. The first-order chi connectivity index (χ1) is 7.56. The molecule has 0 bridgehead atoms. The predicted octanol–water partition coefficient (Wildman–Crippen LogP) is 1.48. The van der Waals surface area contributed by atoms with Gasteiger partial charge in [-0.25, -0.2) is 4.39 Å². The van der Waals surface area contributed by atoms with Crippen LogP contribution in [-0.2, 0) is 4.79 Å². The SMILES string of the molecule is C#CCNC(C(=O)O)c1cc(C)ccc1F. The molecular weight excluding hydrogens is 209 g/mol. The lowest BCUT2D eigenvalue weighted by atomic mass is 10.0. The molecule has 16 heavy (non-hydrogen) atoms. The number of benzene rings is 1. The number of hydrogen-bond donors (Lipinski definition) is 2. The van der Waals surface area contributed by atoms with Crippen LogP contribution in [0.15, 0.2) is 18.2 Å². The number of carboxylic acid groups (broad SMARTS) is 1. The van der Waals surface area contributed by atoms with Crippen LogP contribution in [-0.4, -0.2) is 17.6 Å². The summed E-state index contributed by atoms with van der Waals surface area (Å²) in [6, 6.07) is 3.21. The minimum atomic E-state index is -1.15. The number of terminal acetylenes is 1. The van der Waals surface area contributed by atoms with Crippen molar-refractivity contribution in [3.05, 3.63) is 35.1 Å². The Hall–Kier alpha value is -1.86. The molecule has 84 valence electrons. The first-order valence-corrected chi connectivity index (χ1v) is 4.72. The highest BCUT2D eigenvalue weighted by Gasteiger charge is 2.22. The smallest absolute Gasteiger partial charge is 0.325 e. The number of aliphatic carboxylic acids is 1. The van der Waals surface area contributed by atoms with Gasteiger partial charge in [-0.2, -0.15) is 0 Å². The summed E-state index contributed by atoms with van der Waals surface area (Å²) in [5, 5.41) is 11.5. The first kappa shape index (κ1) is 12.2. The third-order valence-electron chi connectivity index (χ3n) is 2.12. The molecule has 0 fully saturated rings. The maximum absolute atomic E-state index is 13.5. The van der Waals surface area contributed by atoms with Crippen molar-refractivity contribution in [1.82, 2.24) is 5.32 Å². The summed E-state index contributed by atoms with van der Waals surface area (Å²) in [7, 11) is 0. The highest BCUT2D eigenvalue weighted by Crippen LogP contribution is 2.18. The molecule has 1 aromatic carbocycles. The number of halogens is 1. The molecule has 0 aliphatic rings. The van der Waals surface area contributed by atoms with Crippen LogP contribution in [0.1, 0.15) is 17.2 Å². The van der Waals surface area contributed by atoms with Crippen molar-refractivity contribution < 1.29 is 14.3 Å². The van der Waals surface area contributed by atoms with Crippen molar-refractivity contribution in [2.45, 2.75) is 13.0 Å². The van der Waals surface area contributed by atoms with E-state index in [9.17, 15) is 9.18 Å². The summed E-state index contributed by atoms with van der Waals surface area (Å²) in [5.74, 6) is 0.554. The van der Waals surface area contributed by atoms with Gasteiger partial charge in [0, 0.05) is 5.56 Å². The molecule has 3 nitrogen and oxygen atoms in total. The second kappa shape index (κ2) is 5.29. The molecule has 1 unspecified atom stereocenters. The van der Waals surface area contributed by atoms with Crippen molar-refractivity contribution in [3.63, 3.8) is 0 Å². The zero-order valence-corrected chi connectivity index (χ0v) is 8.83. The number of carbonyl (C=O) groups is 1. The highest BCUT2D eigenvalue weighted by atomic mass is 19.1. The molecule has 1 atom stereocenters. The zero-order valence-electron chi connectivity index (χ0n) is 8.83. The Morgan fingerprint density at radius 1 is 1.69 bits per heavy atom. The second-order valence-electron chi connectivity index (χ2n) is 3.38. The van der Waals surface area contributed by atoms with Gasteiger partial charge < -0.3 is 5.11 Å². The van der Waals surface area contributed by atoms with E-state index in [4.69, 9.17) is 11.5 Å². The molecule has 0 heterocycles. The average Bonchev–Trinajstić information content (AvgIpc) is 2.23. The molecule has 0 aromatic heterocycles. The first-order valence-electron chi connectivity index (χ1n) is 4.72. The molecule has 1 rings (SSSR count). The summed E-state index contributed by atoms with van der Waals surface area (Å²) >= 11 is 0. The Bertz CT molecular complexity index is 437. The van der Waals surface area contributed by atoms with Gasteiger partial charge in [-0.1, -0.05) is 23.6 Å².